The average Bonchev–Trinajstić information content (AvgIpc) is 2.39. The summed E-state index contributed by atoms with van der Waals surface area (Å²) in [6.07, 6.45) is 9.92. The van der Waals surface area contributed by atoms with Crippen LogP contribution in [0, 0.1) is 5.92 Å². The summed E-state index contributed by atoms with van der Waals surface area (Å²) in [5.74, 6) is 0.945. The SMILES string of the molecule is CCC1CCCCC1NC1CCCN(CC)C1. The molecule has 1 aliphatic heterocycles. The minimum absolute atomic E-state index is 0.765. The van der Waals surface area contributed by atoms with E-state index in [1.54, 1.807) is 0 Å². The second-order valence-corrected chi connectivity index (χ2v) is 5.96. The first-order valence-corrected chi connectivity index (χ1v) is 7.81. The number of hydrogen-bond acceptors (Lipinski definition) is 2. The van der Waals surface area contributed by atoms with E-state index in [1.807, 2.05) is 0 Å². The highest BCUT2D eigenvalue weighted by Crippen LogP contribution is 2.27. The van der Waals surface area contributed by atoms with Crippen LogP contribution >= 0.6 is 0 Å². The van der Waals surface area contributed by atoms with Crippen LogP contribution in [0.3, 0.4) is 0 Å². The van der Waals surface area contributed by atoms with Gasteiger partial charge in [-0.1, -0.05) is 33.1 Å². The van der Waals surface area contributed by atoms with Gasteiger partial charge in [-0.3, -0.25) is 0 Å². The van der Waals surface area contributed by atoms with Crippen molar-refractivity contribution in [2.24, 2.45) is 5.92 Å². The van der Waals surface area contributed by atoms with E-state index >= 15 is 0 Å². The van der Waals surface area contributed by atoms with Crippen molar-refractivity contribution >= 4 is 0 Å². The smallest absolute Gasteiger partial charge is 0.0198 e. The van der Waals surface area contributed by atoms with Crippen LogP contribution in [-0.4, -0.2) is 36.6 Å². The third-order valence-electron chi connectivity index (χ3n) is 4.84. The quantitative estimate of drug-likeness (QED) is 0.810. The third-order valence-corrected chi connectivity index (χ3v) is 4.84. The first-order chi connectivity index (χ1) is 8.33. The van der Waals surface area contributed by atoms with E-state index < -0.39 is 0 Å². The molecule has 2 fully saturated rings. The van der Waals surface area contributed by atoms with Gasteiger partial charge < -0.3 is 10.2 Å². The van der Waals surface area contributed by atoms with Gasteiger partial charge in [0.05, 0.1) is 0 Å². The molecule has 2 rings (SSSR count). The zero-order valence-corrected chi connectivity index (χ0v) is 11.8. The molecule has 0 bridgehead atoms. The molecule has 17 heavy (non-hydrogen) atoms. The summed E-state index contributed by atoms with van der Waals surface area (Å²) < 4.78 is 0. The van der Waals surface area contributed by atoms with E-state index in [-0.39, 0.29) is 0 Å². The Morgan fingerprint density at radius 3 is 2.65 bits per heavy atom. The molecule has 2 aliphatic rings. The fraction of sp³-hybridized carbons (Fsp3) is 1.00. The first-order valence-electron chi connectivity index (χ1n) is 7.81. The Hall–Kier alpha value is -0.0800. The summed E-state index contributed by atoms with van der Waals surface area (Å²) in [4.78, 5) is 2.60. The van der Waals surface area contributed by atoms with Crippen LogP contribution in [0.1, 0.15) is 58.8 Å². The molecule has 0 aromatic heterocycles. The largest absolute Gasteiger partial charge is 0.310 e. The summed E-state index contributed by atoms with van der Waals surface area (Å²) >= 11 is 0. The van der Waals surface area contributed by atoms with Crippen LogP contribution in [0.5, 0.6) is 0 Å². The topological polar surface area (TPSA) is 15.3 Å². The van der Waals surface area contributed by atoms with Crippen molar-refractivity contribution in [1.29, 1.82) is 0 Å². The molecule has 1 N–H and O–H groups in total. The maximum absolute atomic E-state index is 3.98. The Morgan fingerprint density at radius 1 is 1.06 bits per heavy atom. The van der Waals surface area contributed by atoms with Crippen LogP contribution in [0.2, 0.25) is 0 Å². The first kappa shape index (κ1) is 13.4. The van der Waals surface area contributed by atoms with E-state index in [1.165, 1.54) is 64.6 Å². The van der Waals surface area contributed by atoms with Gasteiger partial charge in [-0.2, -0.15) is 0 Å². The van der Waals surface area contributed by atoms with E-state index in [0.29, 0.717) is 0 Å². The van der Waals surface area contributed by atoms with Crippen molar-refractivity contribution in [2.45, 2.75) is 70.9 Å². The molecular weight excluding hydrogens is 208 g/mol. The predicted octanol–water partition coefficient (Wildman–Crippen LogP) is 3.03. The molecule has 1 heterocycles. The van der Waals surface area contributed by atoms with Gasteiger partial charge in [-0.05, 0) is 44.7 Å². The molecule has 1 saturated heterocycles. The highest BCUT2D eigenvalue weighted by molar-refractivity contribution is 4.86. The third kappa shape index (κ3) is 3.69. The lowest BCUT2D eigenvalue weighted by atomic mass is 9.82. The Morgan fingerprint density at radius 2 is 1.88 bits per heavy atom. The molecule has 1 saturated carbocycles. The Bertz CT molecular complexity index is 217. The molecule has 0 amide bonds. The minimum Gasteiger partial charge on any atom is -0.310 e. The van der Waals surface area contributed by atoms with Gasteiger partial charge in [0.2, 0.25) is 0 Å². The molecule has 3 atom stereocenters. The standard InChI is InChI=1S/C15H30N2/c1-3-13-8-5-6-10-15(13)16-14-9-7-11-17(4-2)12-14/h13-16H,3-12H2,1-2H3. The van der Waals surface area contributed by atoms with Gasteiger partial charge in [0.25, 0.3) is 0 Å². The zero-order valence-electron chi connectivity index (χ0n) is 11.8. The highest BCUT2D eigenvalue weighted by atomic mass is 15.2. The number of rotatable bonds is 4. The Balaban J connectivity index is 1.81. The summed E-state index contributed by atoms with van der Waals surface area (Å²) in [6, 6.07) is 1.58. The van der Waals surface area contributed by atoms with E-state index in [4.69, 9.17) is 0 Å². The van der Waals surface area contributed by atoms with E-state index in [0.717, 1.165) is 18.0 Å². The minimum atomic E-state index is 0.765. The fourth-order valence-corrected chi connectivity index (χ4v) is 3.70. The molecule has 0 spiro atoms. The van der Waals surface area contributed by atoms with Crippen LogP contribution in [-0.2, 0) is 0 Å². The van der Waals surface area contributed by atoms with Gasteiger partial charge in [0.15, 0.2) is 0 Å². The van der Waals surface area contributed by atoms with Crippen LogP contribution in [0.15, 0.2) is 0 Å². The van der Waals surface area contributed by atoms with Crippen molar-refractivity contribution in [3.05, 3.63) is 0 Å². The van der Waals surface area contributed by atoms with E-state index in [2.05, 4.69) is 24.1 Å². The molecule has 0 aromatic carbocycles. The maximum Gasteiger partial charge on any atom is 0.0198 e. The number of hydrogen-bond donors (Lipinski definition) is 1. The van der Waals surface area contributed by atoms with Crippen LogP contribution in [0.25, 0.3) is 0 Å². The van der Waals surface area contributed by atoms with Gasteiger partial charge in [0.1, 0.15) is 0 Å². The molecular formula is C15H30N2. The summed E-state index contributed by atoms with van der Waals surface area (Å²) in [5, 5.41) is 3.98. The predicted molar refractivity (Wildman–Crippen MR) is 74.3 cm³/mol. The number of likely N-dealkylation sites (tertiary alicyclic amines) is 1. The lowest BCUT2D eigenvalue weighted by Gasteiger charge is -2.39. The van der Waals surface area contributed by atoms with Crippen molar-refractivity contribution in [3.63, 3.8) is 0 Å². The van der Waals surface area contributed by atoms with Crippen molar-refractivity contribution in [3.8, 4) is 0 Å². The summed E-state index contributed by atoms with van der Waals surface area (Å²) in [5.41, 5.74) is 0. The van der Waals surface area contributed by atoms with Crippen molar-refractivity contribution in [1.82, 2.24) is 10.2 Å². The van der Waals surface area contributed by atoms with Crippen molar-refractivity contribution < 1.29 is 0 Å². The van der Waals surface area contributed by atoms with E-state index in [9.17, 15) is 0 Å². The van der Waals surface area contributed by atoms with Crippen LogP contribution in [0.4, 0.5) is 0 Å². The normalized spacial score (nSPS) is 36.0. The number of likely N-dealkylation sites (N-methyl/N-ethyl adjacent to an activating group) is 1. The Labute approximate surface area is 107 Å². The second kappa shape index (κ2) is 6.75. The molecule has 0 radical (unpaired) electrons. The molecule has 3 unspecified atom stereocenters. The van der Waals surface area contributed by atoms with Gasteiger partial charge in [-0.15, -0.1) is 0 Å². The summed E-state index contributed by atoms with van der Waals surface area (Å²) in [6.45, 7) is 8.47. The number of piperidine rings is 1. The number of nitrogens with zero attached hydrogens (tertiary/aromatic N) is 1. The molecule has 2 heteroatoms. The lowest BCUT2D eigenvalue weighted by Crippen LogP contribution is -2.51. The molecule has 1 aliphatic carbocycles. The monoisotopic (exact) mass is 238 g/mol. The van der Waals surface area contributed by atoms with Gasteiger partial charge in [-0.25, -0.2) is 0 Å². The van der Waals surface area contributed by atoms with Crippen molar-refractivity contribution in [2.75, 3.05) is 19.6 Å². The Kier molecular flexibility index (Phi) is 5.30. The maximum atomic E-state index is 3.98. The number of nitrogens with one attached hydrogen (secondary N) is 1. The van der Waals surface area contributed by atoms with Crippen LogP contribution < -0.4 is 5.32 Å². The zero-order chi connectivity index (χ0) is 12.1. The van der Waals surface area contributed by atoms with Gasteiger partial charge >= 0.3 is 0 Å². The molecule has 0 aromatic rings. The molecule has 2 nitrogen and oxygen atoms in total. The molecule has 100 valence electrons. The van der Waals surface area contributed by atoms with Gasteiger partial charge in [0, 0.05) is 18.6 Å². The summed E-state index contributed by atoms with van der Waals surface area (Å²) in [7, 11) is 0. The average molecular weight is 238 g/mol. The highest BCUT2D eigenvalue weighted by Gasteiger charge is 2.27. The fourth-order valence-electron chi connectivity index (χ4n) is 3.70. The lowest BCUT2D eigenvalue weighted by molar-refractivity contribution is 0.162. The second-order valence-electron chi connectivity index (χ2n) is 5.96.